The first-order chi connectivity index (χ1) is 15.7. The number of alkyl halides is 18. The minimum Gasteiger partial charge on any atom is -0.194 e. The van der Waals surface area contributed by atoms with Gasteiger partial charge < -0.3 is 0 Å². The van der Waals surface area contributed by atoms with Crippen LogP contribution >= 0.6 is 0 Å². The molecule has 1 rings (SSSR count). The summed E-state index contributed by atoms with van der Waals surface area (Å²) in [7, 11) is 0. The van der Waals surface area contributed by atoms with Gasteiger partial charge in [-0.3, -0.25) is 0 Å². The van der Waals surface area contributed by atoms with E-state index >= 15 is 0 Å². The van der Waals surface area contributed by atoms with Crippen molar-refractivity contribution < 1.29 is 79.0 Å². The molecule has 0 amide bonds. The molecule has 1 aromatic rings. The largest absolute Gasteiger partial charge is 0.460 e. The van der Waals surface area contributed by atoms with Crippen LogP contribution in [0.4, 0.5) is 79.0 Å². The molecule has 0 spiro atoms. The Hall–Kier alpha value is -2.04. The van der Waals surface area contributed by atoms with Gasteiger partial charge in [-0.05, 0) is 24.5 Å². The van der Waals surface area contributed by atoms with Gasteiger partial charge in [-0.15, -0.1) is 0 Å². The highest BCUT2D eigenvalue weighted by atomic mass is 19.4. The van der Waals surface area contributed by atoms with E-state index in [9.17, 15) is 79.0 Å². The van der Waals surface area contributed by atoms with Crippen LogP contribution in [-0.4, -0.2) is 36.0 Å². The van der Waals surface area contributed by atoms with E-state index in [-0.39, 0.29) is 18.9 Å². The molecule has 0 atom stereocenters. The van der Waals surface area contributed by atoms with Crippen LogP contribution in [0.5, 0.6) is 0 Å². The fourth-order valence-corrected chi connectivity index (χ4v) is 2.75. The highest BCUT2D eigenvalue weighted by molar-refractivity contribution is 5.40. The third-order valence-electron chi connectivity index (χ3n) is 4.90. The van der Waals surface area contributed by atoms with Crippen LogP contribution in [0.15, 0.2) is 18.2 Å². The van der Waals surface area contributed by atoms with E-state index in [1.807, 2.05) is 0 Å². The highest BCUT2D eigenvalue weighted by Crippen LogP contribution is 2.59. The second-order valence-corrected chi connectivity index (χ2v) is 7.42. The molecular formula is C18H12F18. The summed E-state index contributed by atoms with van der Waals surface area (Å²) in [6.07, 6.45) is -16.0. The summed E-state index contributed by atoms with van der Waals surface area (Å²) in [6, 6.07) is -1.87. The van der Waals surface area contributed by atoms with Gasteiger partial charge >= 0.3 is 47.9 Å². The van der Waals surface area contributed by atoms with Crippen LogP contribution in [-0.2, 0) is 18.3 Å². The zero-order chi connectivity index (χ0) is 29.0. The zero-order valence-electron chi connectivity index (χ0n) is 17.2. The van der Waals surface area contributed by atoms with Crippen LogP contribution in [0.1, 0.15) is 36.5 Å². The maximum absolute atomic E-state index is 14.4. The molecule has 0 bridgehead atoms. The Kier molecular flexibility index (Phi) is 8.05. The molecule has 0 aliphatic carbocycles. The number of aryl methyl sites for hydroxylation is 1. The number of hydrogen-bond acceptors (Lipinski definition) is 0. The molecule has 0 saturated heterocycles. The average molecular weight is 570 g/mol. The van der Waals surface area contributed by atoms with Gasteiger partial charge in [0.05, 0.1) is 0 Å². The third-order valence-corrected chi connectivity index (χ3v) is 4.90. The lowest BCUT2D eigenvalue weighted by atomic mass is 9.87. The molecule has 36 heavy (non-hydrogen) atoms. The molecular weight excluding hydrogens is 558 g/mol. The van der Waals surface area contributed by atoms with Crippen LogP contribution in [0.3, 0.4) is 0 Å². The summed E-state index contributed by atoms with van der Waals surface area (Å²) in [5, 5.41) is 0. The lowest BCUT2D eigenvalue weighted by molar-refractivity contribution is -0.400. The van der Waals surface area contributed by atoms with Crippen molar-refractivity contribution in [3.8, 4) is 0 Å². The van der Waals surface area contributed by atoms with Gasteiger partial charge in [0, 0.05) is 11.1 Å². The van der Waals surface area contributed by atoms with Gasteiger partial charge in [0.1, 0.15) is 0 Å². The monoisotopic (exact) mass is 570 g/mol. The predicted molar refractivity (Wildman–Crippen MR) is 84.7 cm³/mol. The van der Waals surface area contributed by atoms with E-state index in [1.165, 1.54) is 6.92 Å². The Balaban J connectivity index is 3.94. The van der Waals surface area contributed by atoms with Crippen molar-refractivity contribution >= 4 is 0 Å². The van der Waals surface area contributed by atoms with Crippen molar-refractivity contribution in [1.29, 1.82) is 0 Å². The normalized spacial score (nSPS) is 15.4. The lowest BCUT2D eigenvalue weighted by Gasteiger charge is -2.36. The molecule has 210 valence electrons. The van der Waals surface area contributed by atoms with Gasteiger partial charge in [-0.2, -0.15) is 79.0 Å². The molecule has 18 heteroatoms. The van der Waals surface area contributed by atoms with E-state index in [2.05, 4.69) is 0 Å². The third kappa shape index (κ3) is 4.67. The van der Waals surface area contributed by atoms with E-state index in [0.717, 1.165) is 0 Å². The van der Waals surface area contributed by atoms with Crippen molar-refractivity contribution in [2.45, 2.75) is 74.1 Å². The van der Waals surface area contributed by atoms with Crippen molar-refractivity contribution in [1.82, 2.24) is 0 Å². The number of unbranched alkanes of at least 4 members (excludes halogenated alkanes) is 1. The summed E-state index contributed by atoms with van der Waals surface area (Å²) in [4.78, 5) is 0. The first-order valence-electron chi connectivity index (χ1n) is 9.20. The first-order valence-corrected chi connectivity index (χ1v) is 9.20. The minimum absolute atomic E-state index is 0.0199. The molecule has 0 unspecified atom stereocenters. The van der Waals surface area contributed by atoms with E-state index in [1.54, 1.807) is 0 Å². The van der Waals surface area contributed by atoms with E-state index in [0.29, 0.717) is 0 Å². The Morgan fingerprint density at radius 3 is 1.28 bits per heavy atom. The molecule has 0 aromatic heterocycles. The fraction of sp³-hybridized carbons (Fsp3) is 0.667. The minimum atomic E-state index is -7.54. The topological polar surface area (TPSA) is 0 Å². The maximum atomic E-state index is 14.4. The Labute approximate surface area is 189 Å². The second-order valence-electron chi connectivity index (χ2n) is 7.42. The smallest absolute Gasteiger partial charge is 0.194 e. The van der Waals surface area contributed by atoms with Crippen molar-refractivity contribution in [3.05, 3.63) is 34.9 Å². The van der Waals surface area contributed by atoms with Crippen molar-refractivity contribution in [3.63, 3.8) is 0 Å². The highest BCUT2D eigenvalue weighted by Gasteiger charge is 2.83. The Morgan fingerprint density at radius 1 is 0.528 bits per heavy atom. The fourth-order valence-electron chi connectivity index (χ4n) is 2.75. The molecule has 0 N–H and O–H groups in total. The standard InChI is InChI=1S/C18H12F18/c1-2-3-4-8-5-6-9(11(19,20)13(23,24)15(27,28)17(31,32)33)7-10(8)12(21,22)14(25,26)16(29,30)18(34,35)36/h5-7H,2-4H2,1H3. The van der Waals surface area contributed by atoms with Crippen LogP contribution in [0.25, 0.3) is 0 Å². The zero-order valence-corrected chi connectivity index (χ0v) is 17.2. The summed E-state index contributed by atoms with van der Waals surface area (Å²) >= 11 is 0. The number of hydrogen-bond donors (Lipinski definition) is 0. The van der Waals surface area contributed by atoms with Crippen LogP contribution in [0.2, 0.25) is 0 Å². The molecule has 0 heterocycles. The average Bonchev–Trinajstić information content (AvgIpc) is 2.69. The van der Waals surface area contributed by atoms with Gasteiger partial charge in [-0.1, -0.05) is 25.5 Å². The van der Waals surface area contributed by atoms with Crippen molar-refractivity contribution in [2.24, 2.45) is 0 Å². The number of benzene rings is 1. The SMILES string of the molecule is CCCCc1ccc(C(F)(F)C(F)(F)C(F)(F)C(F)(F)F)cc1C(F)(F)C(F)(F)C(F)(F)C(F)(F)F. The van der Waals surface area contributed by atoms with Gasteiger partial charge in [0.25, 0.3) is 0 Å². The Morgan fingerprint density at radius 2 is 0.917 bits per heavy atom. The molecule has 0 aliphatic heterocycles. The number of rotatable bonds is 9. The first kappa shape index (κ1) is 32.0. The quantitative estimate of drug-likeness (QED) is 0.260. The van der Waals surface area contributed by atoms with Crippen molar-refractivity contribution in [2.75, 3.05) is 0 Å². The molecule has 0 saturated carbocycles. The summed E-state index contributed by atoms with van der Waals surface area (Å²) in [5.74, 6) is -43.6. The lowest BCUT2D eigenvalue weighted by Crippen LogP contribution is -2.60. The second kappa shape index (κ2) is 9.06. The molecule has 0 aliphatic rings. The molecule has 0 nitrogen and oxygen atoms in total. The Bertz CT molecular complexity index is 921. The molecule has 0 radical (unpaired) electrons. The molecule has 0 fully saturated rings. The summed E-state index contributed by atoms with van der Waals surface area (Å²) in [5.41, 5.74) is -7.13. The van der Waals surface area contributed by atoms with Gasteiger partial charge in [0.15, 0.2) is 0 Å². The van der Waals surface area contributed by atoms with Crippen LogP contribution < -0.4 is 0 Å². The van der Waals surface area contributed by atoms with Crippen LogP contribution in [0, 0.1) is 0 Å². The maximum Gasteiger partial charge on any atom is 0.460 e. The summed E-state index contributed by atoms with van der Waals surface area (Å²) < 4.78 is 239. The predicted octanol–water partition coefficient (Wildman–Crippen LogP) is 8.88. The van der Waals surface area contributed by atoms with E-state index < -0.39 is 83.1 Å². The van der Waals surface area contributed by atoms with Gasteiger partial charge in [-0.25, -0.2) is 0 Å². The molecule has 1 aromatic carbocycles. The van der Waals surface area contributed by atoms with Gasteiger partial charge in [0.2, 0.25) is 0 Å². The summed E-state index contributed by atoms with van der Waals surface area (Å²) in [6.45, 7) is 1.30. The van der Waals surface area contributed by atoms with E-state index in [4.69, 9.17) is 0 Å². The number of halogens is 18.